The van der Waals surface area contributed by atoms with Gasteiger partial charge < -0.3 is 29.5 Å². The molecule has 0 unspecified atom stereocenters. The molecule has 0 bridgehead atoms. The molecule has 3 aromatic rings. The van der Waals surface area contributed by atoms with E-state index in [4.69, 9.17) is 9.47 Å². The van der Waals surface area contributed by atoms with E-state index in [1.54, 1.807) is 26.3 Å². The number of amides is 1. The molecule has 3 aliphatic heterocycles. The molecule has 1 spiro atoms. The van der Waals surface area contributed by atoms with Crippen LogP contribution in [0.5, 0.6) is 17.4 Å². The molecular weight excluding hydrogens is 561 g/mol. The Labute approximate surface area is 248 Å². The van der Waals surface area contributed by atoms with Gasteiger partial charge in [0, 0.05) is 44.6 Å². The van der Waals surface area contributed by atoms with Crippen LogP contribution in [-0.4, -0.2) is 73.1 Å². The Morgan fingerprint density at radius 3 is 2.40 bits per heavy atom. The molecule has 0 radical (unpaired) electrons. The lowest BCUT2D eigenvalue weighted by Crippen LogP contribution is -2.46. The number of hydrogen-bond donors (Lipinski definition) is 1. The highest BCUT2D eigenvalue weighted by Crippen LogP contribution is 2.43. The largest absolute Gasteiger partial charge is 0.494 e. The number of aromatic nitrogens is 2. The van der Waals surface area contributed by atoms with Gasteiger partial charge in [-0.2, -0.15) is 18.2 Å². The second kappa shape index (κ2) is 11.2. The summed E-state index contributed by atoms with van der Waals surface area (Å²) in [5, 5.41) is 2.98. The number of carbonyl (C=O) groups is 1. The second-order valence-electron chi connectivity index (χ2n) is 11.8. The van der Waals surface area contributed by atoms with Crippen LogP contribution >= 0.6 is 0 Å². The van der Waals surface area contributed by atoms with Gasteiger partial charge in [-0.3, -0.25) is 4.79 Å². The summed E-state index contributed by atoms with van der Waals surface area (Å²) in [5.41, 5.74) is 1.70. The summed E-state index contributed by atoms with van der Waals surface area (Å²) in [4.78, 5) is 26.9. The number of fused-ring (bicyclic) bond motifs is 1. The number of methoxy groups -OCH3 is 1. The minimum absolute atomic E-state index is 0.00694. The average Bonchev–Trinajstić information content (AvgIpc) is 3.28. The third-order valence-corrected chi connectivity index (χ3v) is 9.01. The Morgan fingerprint density at radius 1 is 0.977 bits per heavy atom. The summed E-state index contributed by atoms with van der Waals surface area (Å²) in [6.07, 6.45) is 0.683. The first kappa shape index (κ1) is 29.0. The Hall–Kier alpha value is -4.06. The van der Waals surface area contributed by atoms with Crippen LogP contribution in [0.15, 0.2) is 42.6 Å². The van der Waals surface area contributed by atoms with Crippen LogP contribution in [0.3, 0.4) is 0 Å². The minimum atomic E-state index is -4.77. The van der Waals surface area contributed by atoms with Crippen LogP contribution in [0.2, 0.25) is 0 Å². The molecule has 228 valence electrons. The van der Waals surface area contributed by atoms with E-state index in [1.165, 1.54) is 23.8 Å². The van der Waals surface area contributed by atoms with Gasteiger partial charge in [-0.05, 0) is 75.0 Å². The maximum Gasteiger partial charge on any atom is 0.423 e. The number of halogens is 3. The zero-order valence-electron chi connectivity index (χ0n) is 24.5. The molecule has 1 aromatic heterocycles. The first-order chi connectivity index (χ1) is 20.5. The molecule has 3 aliphatic rings. The summed E-state index contributed by atoms with van der Waals surface area (Å²) in [6, 6.07) is 10.5. The number of alkyl halides is 3. The fourth-order valence-corrected chi connectivity index (χ4v) is 6.29. The number of benzene rings is 2. The zero-order chi connectivity index (χ0) is 30.4. The lowest BCUT2D eigenvalue weighted by atomic mass is 9.71. The van der Waals surface area contributed by atoms with Crippen molar-refractivity contribution in [2.45, 2.75) is 38.4 Å². The van der Waals surface area contributed by atoms with Gasteiger partial charge in [0.2, 0.25) is 11.8 Å². The standard InChI is InChI=1S/C31H35F3N6O3/c1-38-13-9-30(10-14-38)11-15-40(16-12-30)21-7-8-23(25(17-21)42-3)36-29-35-18-22(31(32,33)34)27(37-29)43-24-6-4-5-20-19-39(2)28(41)26(20)24/h4-8,17-18H,9-16,19H2,1-3H3,(H,35,36,37). The molecule has 12 heteroatoms. The normalized spacial score (nSPS) is 18.6. The van der Waals surface area contributed by atoms with Crippen LogP contribution < -0.4 is 19.7 Å². The third-order valence-electron chi connectivity index (χ3n) is 9.01. The zero-order valence-corrected chi connectivity index (χ0v) is 24.5. The van der Waals surface area contributed by atoms with Gasteiger partial charge in [-0.25, -0.2) is 4.98 Å². The predicted octanol–water partition coefficient (Wildman–Crippen LogP) is 5.94. The van der Waals surface area contributed by atoms with Crippen LogP contribution in [0, 0.1) is 5.41 Å². The molecule has 9 nitrogen and oxygen atoms in total. The monoisotopic (exact) mass is 596 g/mol. The van der Waals surface area contributed by atoms with Crippen molar-refractivity contribution in [3.63, 3.8) is 0 Å². The number of rotatable bonds is 6. The molecule has 2 aromatic carbocycles. The number of ether oxygens (including phenoxy) is 2. The Bertz CT molecular complexity index is 1510. The van der Waals surface area contributed by atoms with Gasteiger partial charge in [-0.1, -0.05) is 12.1 Å². The Balaban J connectivity index is 1.22. The van der Waals surface area contributed by atoms with E-state index >= 15 is 0 Å². The second-order valence-corrected chi connectivity index (χ2v) is 11.8. The molecule has 0 aliphatic carbocycles. The first-order valence-corrected chi connectivity index (χ1v) is 14.4. The SMILES string of the molecule is COc1cc(N2CCC3(CCN(C)CC3)CC2)ccc1Nc1ncc(C(F)(F)F)c(Oc2cccc3c2C(=O)N(C)C3)n1. The number of nitrogens with one attached hydrogen (secondary N) is 1. The molecule has 4 heterocycles. The van der Waals surface area contributed by atoms with Gasteiger partial charge in [0.1, 0.15) is 17.1 Å². The first-order valence-electron chi connectivity index (χ1n) is 14.4. The minimum Gasteiger partial charge on any atom is -0.494 e. The van der Waals surface area contributed by atoms with E-state index in [0.29, 0.717) is 35.2 Å². The van der Waals surface area contributed by atoms with E-state index in [0.717, 1.165) is 44.7 Å². The summed E-state index contributed by atoms with van der Waals surface area (Å²) in [5.74, 6) is -0.614. The van der Waals surface area contributed by atoms with Gasteiger partial charge in [0.15, 0.2) is 0 Å². The van der Waals surface area contributed by atoms with E-state index < -0.39 is 17.6 Å². The molecule has 6 rings (SSSR count). The van der Waals surface area contributed by atoms with Crippen molar-refractivity contribution in [2.75, 3.05) is 57.6 Å². The molecule has 1 amide bonds. The van der Waals surface area contributed by atoms with Crippen molar-refractivity contribution in [3.8, 4) is 17.4 Å². The fraction of sp³-hybridized carbons (Fsp3) is 0.452. The number of anilines is 3. The van der Waals surface area contributed by atoms with Gasteiger partial charge in [-0.15, -0.1) is 0 Å². The van der Waals surface area contributed by atoms with Crippen molar-refractivity contribution >= 4 is 23.2 Å². The molecular formula is C31H35F3N6O3. The average molecular weight is 597 g/mol. The van der Waals surface area contributed by atoms with E-state index in [1.807, 2.05) is 18.2 Å². The van der Waals surface area contributed by atoms with Crippen molar-refractivity contribution in [3.05, 3.63) is 59.3 Å². The number of hydrogen-bond acceptors (Lipinski definition) is 8. The van der Waals surface area contributed by atoms with Crippen LogP contribution in [0.1, 0.15) is 47.2 Å². The number of carbonyl (C=O) groups excluding carboxylic acids is 1. The number of nitrogens with zero attached hydrogens (tertiary/aromatic N) is 5. The molecule has 43 heavy (non-hydrogen) atoms. The quantitative estimate of drug-likeness (QED) is 0.375. The van der Waals surface area contributed by atoms with Crippen molar-refractivity contribution in [2.24, 2.45) is 5.41 Å². The van der Waals surface area contributed by atoms with Crippen molar-refractivity contribution < 1.29 is 27.4 Å². The third kappa shape index (κ3) is 5.80. The van der Waals surface area contributed by atoms with E-state index in [2.05, 4.69) is 32.1 Å². The van der Waals surface area contributed by atoms with Gasteiger partial charge in [0.25, 0.3) is 5.91 Å². The summed E-state index contributed by atoms with van der Waals surface area (Å²) in [6.45, 7) is 4.57. The van der Waals surface area contributed by atoms with E-state index in [-0.39, 0.29) is 23.2 Å². The highest BCUT2D eigenvalue weighted by atomic mass is 19.4. The Kier molecular flexibility index (Phi) is 7.57. The smallest absolute Gasteiger partial charge is 0.423 e. The summed E-state index contributed by atoms with van der Waals surface area (Å²) >= 11 is 0. The molecule has 2 fully saturated rings. The van der Waals surface area contributed by atoms with Crippen LogP contribution in [0.25, 0.3) is 0 Å². The fourth-order valence-electron chi connectivity index (χ4n) is 6.29. The maximum atomic E-state index is 13.9. The summed E-state index contributed by atoms with van der Waals surface area (Å²) in [7, 11) is 5.35. The number of piperidine rings is 2. The molecule has 1 N–H and O–H groups in total. The van der Waals surface area contributed by atoms with Crippen molar-refractivity contribution in [1.29, 1.82) is 0 Å². The lowest BCUT2D eigenvalue weighted by molar-refractivity contribution is -0.139. The van der Waals surface area contributed by atoms with Crippen molar-refractivity contribution in [1.82, 2.24) is 19.8 Å². The highest BCUT2D eigenvalue weighted by Gasteiger charge is 2.38. The van der Waals surface area contributed by atoms with Crippen LogP contribution in [0.4, 0.5) is 30.5 Å². The lowest BCUT2D eigenvalue weighted by Gasteiger charge is -2.47. The van der Waals surface area contributed by atoms with Gasteiger partial charge in [0.05, 0.1) is 18.4 Å². The molecule has 0 atom stereocenters. The topological polar surface area (TPSA) is 83.1 Å². The summed E-state index contributed by atoms with van der Waals surface area (Å²) < 4.78 is 53.1. The van der Waals surface area contributed by atoms with Crippen LogP contribution in [-0.2, 0) is 12.7 Å². The maximum absolute atomic E-state index is 13.9. The highest BCUT2D eigenvalue weighted by molar-refractivity contribution is 6.00. The van der Waals surface area contributed by atoms with Gasteiger partial charge >= 0.3 is 6.18 Å². The molecule has 2 saturated heterocycles. The Morgan fingerprint density at radius 2 is 1.70 bits per heavy atom. The number of likely N-dealkylation sites (tertiary alicyclic amines) is 1. The predicted molar refractivity (Wildman–Crippen MR) is 156 cm³/mol. The van der Waals surface area contributed by atoms with E-state index in [9.17, 15) is 18.0 Å². The molecule has 0 saturated carbocycles.